The number of carbonyl (C=O) groups is 1. The summed E-state index contributed by atoms with van der Waals surface area (Å²) in [7, 11) is -0.437. The summed E-state index contributed by atoms with van der Waals surface area (Å²) in [5, 5.41) is 9.56. The molecule has 25 heavy (non-hydrogen) atoms. The minimum absolute atomic E-state index is 0.214. The molecule has 0 unspecified atom stereocenters. The van der Waals surface area contributed by atoms with Crippen LogP contribution in [-0.4, -0.2) is 43.9 Å². The maximum atomic E-state index is 12.3. The lowest BCUT2D eigenvalue weighted by atomic mass is 10.2. The van der Waals surface area contributed by atoms with Crippen molar-refractivity contribution in [1.29, 1.82) is 0 Å². The van der Waals surface area contributed by atoms with E-state index in [2.05, 4.69) is 15.8 Å². The van der Waals surface area contributed by atoms with Gasteiger partial charge in [-0.3, -0.25) is 4.79 Å². The number of amides is 1. The molecule has 0 saturated heterocycles. The van der Waals surface area contributed by atoms with Crippen LogP contribution in [-0.2, 0) is 21.4 Å². The van der Waals surface area contributed by atoms with Crippen molar-refractivity contribution in [3.8, 4) is 0 Å². The second kappa shape index (κ2) is 8.09. The summed E-state index contributed by atoms with van der Waals surface area (Å²) >= 11 is 1.19. The van der Waals surface area contributed by atoms with Crippen LogP contribution >= 0.6 is 11.3 Å². The van der Waals surface area contributed by atoms with Crippen molar-refractivity contribution in [2.45, 2.75) is 37.1 Å². The highest BCUT2D eigenvalue weighted by atomic mass is 32.2. The largest absolute Gasteiger partial charge is 0.360 e. The third-order valence-electron chi connectivity index (χ3n) is 3.50. The summed E-state index contributed by atoms with van der Waals surface area (Å²) in [5.41, 5.74) is 0. The number of carbonyl (C=O) groups excluding carboxylic acids is 1. The topological polar surface area (TPSA) is 105 Å². The molecule has 2 rings (SSSR count). The fourth-order valence-electron chi connectivity index (χ4n) is 2.06. The molecule has 1 amide bonds. The van der Waals surface area contributed by atoms with Crippen LogP contribution in [0.3, 0.4) is 0 Å². The summed E-state index contributed by atoms with van der Waals surface area (Å²) < 4.78 is 30.6. The molecule has 0 aliphatic rings. The minimum atomic E-state index is -3.43. The van der Waals surface area contributed by atoms with E-state index in [1.807, 2.05) is 6.92 Å². The molecule has 138 valence electrons. The Morgan fingerprint density at radius 1 is 1.40 bits per heavy atom. The molecule has 0 aliphatic carbocycles. The molecule has 0 fully saturated rings. The summed E-state index contributed by atoms with van der Waals surface area (Å²) in [6.45, 7) is 4.04. The number of hydrogen-bond acceptors (Lipinski definition) is 7. The number of anilines is 1. The van der Waals surface area contributed by atoms with Crippen molar-refractivity contribution >= 4 is 33.1 Å². The first-order valence-electron chi connectivity index (χ1n) is 7.72. The average Bonchev–Trinajstić information content (AvgIpc) is 3.17. The van der Waals surface area contributed by atoms with Crippen LogP contribution in [0.25, 0.3) is 0 Å². The number of nitrogens with one attached hydrogen (secondary N) is 2. The Labute approximate surface area is 151 Å². The molecule has 2 aromatic rings. The molecule has 1 atom stereocenters. The van der Waals surface area contributed by atoms with E-state index in [-0.39, 0.29) is 10.1 Å². The van der Waals surface area contributed by atoms with E-state index >= 15 is 0 Å². The van der Waals surface area contributed by atoms with E-state index in [4.69, 9.17) is 4.52 Å². The third kappa shape index (κ3) is 4.88. The zero-order valence-corrected chi connectivity index (χ0v) is 16.2. The molecule has 2 aromatic heterocycles. The van der Waals surface area contributed by atoms with Gasteiger partial charge >= 0.3 is 0 Å². The van der Waals surface area contributed by atoms with Crippen LogP contribution in [0.2, 0.25) is 0 Å². The van der Waals surface area contributed by atoms with Crippen molar-refractivity contribution in [3.05, 3.63) is 28.8 Å². The smallest absolute Gasteiger partial charge is 0.252 e. The monoisotopic (exact) mass is 386 g/mol. The number of thiophene rings is 1. The van der Waals surface area contributed by atoms with Crippen molar-refractivity contribution in [1.82, 2.24) is 14.8 Å². The molecule has 0 bridgehead atoms. The number of sulfonamides is 1. The van der Waals surface area contributed by atoms with E-state index in [9.17, 15) is 13.2 Å². The van der Waals surface area contributed by atoms with Gasteiger partial charge in [-0.05, 0) is 25.5 Å². The number of aryl methyl sites for hydroxylation is 1. The molecule has 2 heterocycles. The number of aromatic nitrogens is 1. The summed E-state index contributed by atoms with van der Waals surface area (Å²) in [6, 6.07) is 4.55. The number of hydrogen-bond donors (Lipinski definition) is 2. The Balaban J connectivity index is 1.96. The highest BCUT2D eigenvalue weighted by Crippen LogP contribution is 2.23. The predicted octanol–water partition coefficient (Wildman–Crippen LogP) is 1.80. The van der Waals surface area contributed by atoms with Gasteiger partial charge in [-0.25, -0.2) is 12.7 Å². The van der Waals surface area contributed by atoms with Gasteiger partial charge in [-0.1, -0.05) is 12.1 Å². The SMILES string of the molecule is CC[C@H](NCc1ccc(S(=O)(=O)N(C)C)s1)C(=O)Nc1cc(C)on1. The van der Waals surface area contributed by atoms with E-state index in [1.165, 1.54) is 29.7 Å². The summed E-state index contributed by atoms with van der Waals surface area (Å²) in [6.07, 6.45) is 0.580. The second-order valence-corrected chi connectivity index (χ2v) is 9.21. The molecule has 10 heteroatoms. The second-order valence-electron chi connectivity index (χ2n) is 5.66. The Morgan fingerprint density at radius 2 is 2.12 bits per heavy atom. The maximum Gasteiger partial charge on any atom is 0.252 e. The van der Waals surface area contributed by atoms with Crippen molar-refractivity contribution in [2.24, 2.45) is 0 Å². The first-order valence-corrected chi connectivity index (χ1v) is 9.98. The average molecular weight is 386 g/mol. The van der Waals surface area contributed by atoms with Crippen molar-refractivity contribution in [3.63, 3.8) is 0 Å². The number of nitrogens with zero attached hydrogens (tertiary/aromatic N) is 2. The van der Waals surface area contributed by atoms with Crippen LogP contribution in [0.4, 0.5) is 5.82 Å². The van der Waals surface area contributed by atoms with Gasteiger partial charge in [0.05, 0.1) is 6.04 Å². The van der Waals surface area contributed by atoms with Crippen LogP contribution in [0.1, 0.15) is 24.0 Å². The molecule has 0 aliphatic heterocycles. The Bertz CT molecular complexity index is 826. The maximum absolute atomic E-state index is 12.3. The van der Waals surface area contributed by atoms with Gasteiger partial charge in [0, 0.05) is 31.6 Å². The van der Waals surface area contributed by atoms with E-state index in [0.717, 1.165) is 4.88 Å². The Morgan fingerprint density at radius 3 is 2.68 bits per heavy atom. The molecule has 2 N–H and O–H groups in total. The molecular formula is C15H22N4O4S2. The fraction of sp³-hybridized carbons (Fsp3) is 0.467. The van der Waals surface area contributed by atoms with Crippen molar-refractivity contribution in [2.75, 3.05) is 19.4 Å². The molecule has 0 radical (unpaired) electrons. The first kappa shape index (κ1) is 19.6. The van der Waals surface area contributed by atoms with Gasteiger partial charge in [0.2, 0.25) is 5.91 Å². The predicted molar refractivity (Wildman–Crippen MR) is 96.0 cm³/mol. The molecular weight excluding hydrogens is 364 g/mol. The zero-order valence-electron chi connectivity index (χ0n) is 14.6. The van der Waals surface area contributed by atoms with Gasteiger partial charge in [0.1, 0.15) is 9.97 Å². The minimum Gasteiger partial charge on any atom is -0.360 e. The number of rotatable bonds is 8. The molecule has 0 saturated carbocycles. The molecule has 0 spiro atoms. The van der Waals surface area contributed by atoms with Crippen LogP contribution in [0.5, 0.6) is 0 Å². The van der Waals surface area contributed by atoms with Crippen LogP contribution in [0.15, 0.2) is 26.9 Å². The summed E-state index contributed by atoms with van der Waals surface area (Å²) in [5.74, 6) is 0.774. The molecule has 0 aromatic carbocycles. The zero-order chi connectivity index (χ0) is 18.6. The van der Waals surface area contributed by atoms with Gasteiger partial charge in [0.15, 0.2) is 5.82 Å². The highest BCUT2D eigenvalue weighted by molar-refractivity contribution is 7.91. The lowest BCUT2D eigenvalue weighted by Gasteiger charge is -2.15. The fourth-order valence-corrected chi connectivity index (χ4v) is 4.53. The van der Waals surface area contributed by atoms with Gasteiger partial charge in [-0.15, -0.1) is 11.3 Å². The van der Waals surface area contributed by atoms with E-state index in [0.29, 0.717) is 24.5 Å². The molecule has 8 nitrogen and oxygen atoms in total. The normalized spacial score (nSPS) is 13.2. The van der Waals surface area contributed by atoms with Crippen LogP contribution < -0.4 is 10.6 Å². The lowest BCUT2D eigenvalue weighted by molar-refractivity contribution is -0.118. The Kier molecular flexibility index (Phi) is 6.33. The van der Waals surface area contributed by atoms with Crippen LogP contribution in [0, 0.1) is 6.92 Å². The highest BCUT2D eigenvalue weighted by Gasteiger charge is 2.21. The van der Waals surface area contributed by atoms with Gasteiger partial charge < -0.3 is 15.2 Å². The quantitative estimate of drug-likeness (QED) is 0.717. The van der Waals surface area contributed by atoms with Gasteiger partial charge in [-0.2, -0.15) is 0 Å². The van der Waals surface area contributed by atoms with Crippen molar-refractivity contribution < 1.29 is 17.7 Å². The van der Waals surface area contributed by atoms with E-state index in [1.54, 1.807) is 25.1 Å². The summed E-state index contributed by atoms with van der Waals surface area (Å²) in [4.78, 5) is 13.1. The lowest BCUT2D eigenvalue weighted by Crippen LogP contribution is -2.39. The van der Waals surface area contributed by atoms with E-state index < -0.39 is 16.1 Å². The Hall–Kier alpha value is -1.75. The third-order valence-corrected chi connectivity index (χ3v) is 6.87. The van der Waals surface area contributed by atoms with Gasteiger partial charge in [0.25, 0.3) is 10.0 Å². The first-order chi connectivity index (χ1) is 11.7. The standard InChI is InChI=1S/C15H22N4O4S2/c1-5-12(15(20)17-13-8-10(2)23-18-13)16-9-11-6-7-14(24-11)25(21,22)19(3)4/h6-8,12,16H,5,9H2,1-4H3,(H,17,18,20)/t12-/m0/s1.